The molecule has 0 aromatic rings. The van der Waals surface area contributed by atoms with Crippen molar-refractivity contribution in [2.24, 2.45) is 0 Å². The quantitative estimate of drug-likeness (QED) is 0.578. The van der Waals surface area contributed by atoms with Crippen LogP contribution in [-0.2, 0) is 9.63 Å². The highest BCUT2D eigenvalue weighted by Crippen LogP contribution is 2.03. The summed E-state index contributed by atoms with van der Waals surface area (Å²) in [5.74, 6) is -0.396. The van der Waals surface area contributed by atoms with Crippen LogP contribution in [0.25, 0.3) is 0 Å². The first-order valence-electron chi connectivity index (χ1n) is 3.37. The molecule has 0 spiro atoms. The number of rotatable bonds is 1. The SMILES string of the molecule is CC(C)N1OCC(=O)NC1=O. The Labute approximate surface area is 64.3 Å². The molecule has 3 amide bonds. The fourth-order valence-corrected chi connectivity index (χ4v) is 0.781. The van der Waals surface area contributed by atoms with Gasteiger partial charge in [-0.15, -0.1) is 0 Å². The van der Waals surface area contributed by atoms with Crippen LogP contribution in [0.2, 0.25) is 0 Å². The lowest BCUT2D eigenvalue weighted by atomic mass is 10.4. The van der Waals surface area contributed by atoms with E-state index < -0.39 is 11.9 Å². The highest BCUT2D eigenvalue weighted by atomic mass is 16.7. The van der Waals surface area contributed by atoms with Gasteiger partial charge in [-0.3, -0.25) is 14.9 Å². The zero-order chi connectivity index (χ0) is 8.43. The Hall–Kier alpha value is -1.10. The van der Waals surface area contributed by atoms with Crippen molar-refractivity contribution in [2.45, 2.75) is 19.9 Å². The molecule has 0 atom stereocenters. The summed E-state index contributed by atoms with van der Waals surface area (Å²) in [6, 6.07) is -0.542. The summed E-state index contributed by atoms with van der Waals surface area (Å²) in [5.41, 5.74) is 0. The molecule has 1 heterocycles. The van der Waals surface area contributed by atoms with Crippen LogP contribution >= 0.6 is 0 Å². The second-order valence-electron chi connectivity index (χ2n) is 2.55. The van der Waals surface area contributed by atoms with Gasteiger partial charge in [-0.1, -0.05) is 0 Å². The molecule has 62 valence electrons. The van der Waals surface area contributed by atoms with Crippen molar-refractivity contribution in [3.05, 3.63) is 0 Å². The Morgan fingerprint density at radius 2 is 2.18 bits per heavy atom. The van der Waals surface area contributed by atoms with Crippen LogP contribution < -0.4 is 5.32 Å². The van der Waals surface area contributed by atoms with Gasteiger partial charge in [0.1, 0.15) is 0 Å². The number of hydrogen-bond donors (Lipinski definition) is 1. The van der Waals surface area contributed by atoms with Crippen molar-refractivity contribution >= 4 is 11.9 Å². The van der Waals surface area contributed by atoms with Crippen LogP contribution in [0.5, 0.6) is 0 Å². The average Bonchev–Trinajstić information content (AvgIpc) is 1.85. The molecule has 0 bridgehead atoms. The Morgan fingerprint density at radius 3 is 2.64 bits per heavy atom. The Balaban J connectivity index is 2.57. The van der Waals surface area contributed by atoms with E-state index in [4.69, 9.17) is 4.84 Å². The first-order valence-corrected chi connectivity index (χ1v) is 3.37. The van der Waals surface area contributed by atoms with Crippen molar-refractivity contribution in [1.29, 1.82) is 0 Å². The number of hydrogen-bond acceptors (Lipinski definition) is 3. The standard InChI is InChI=1S/C6H10N2O3/c1-4(2)8-6(10)7-5(9)3-11-8/h4H,3H2,1-2H3,(H,7,9,10). The highest BCUT2D eigenvalue weighted by Gasteiger charge is 2.25. The molecule has 0 saturated carbocycles. The summed E-state index contributed by atoms with van der Waals surface area (Å²) in [6.07, 6.45) is 0. The zero-order valence-corrected chi connectivity index (χ0v) is 6.46. The molecule has 5 heteroatoms. The fourth-order valence-electron chi connectivity index (χ4n) is 0.781. The van der Waals surface area contributed by atoms with Gasteiger partial charge in [-0.2, -0.15) is 5.06 Å². The van der Waals surface area contributed by atoms with E-state index in [1.165, 1.54) is 0 Å². The molecule has 1 saturated heterocycles. The molecule has 0 unspecified atom stereocenters. The number of hydroxylamine groups is 2. The van der Waals surface area contributed by atoms with E-state index in [-0.39, 0.29) is 12.6 Å². The lowest BCUT2D eigenvalue weighted by Crippen LogP contribution is -2.53. The maximum Gasteiger partial charge on any atom is 0.348 e. The summed E-state index contributed by atoms with van der Waals surface area (Å²) < 4.78 is 0. The van der Waals surface area contributed by atoms with Gasteiger partial charge in [-0.25, -0.2) is 4.79 Å². The maximum atomic E-state index is 10.9. The number of urea groups is 1. The number of carbonyl (C=O) groups is 2. The smallest absolute Gasteiger partial charge is 0.274 e. The summed E-state index contributed by atoms with van der Waals surface area (Å²) in [4.78, 5) is 26.3. The number of nitrogens with one attached hydrogen (secondary N) is 1. The minimum Gasteiger partial charge on any atom is -0.274 e. The van der Waals surface area contributed by atoms with E-state index in [1.807, 2.05) is 0 Å². The molecular formula is C6H10N2O3. The van der Waals surface area contributed by atoms with E-state index in [9.17, 15) is 9.59 Å². The normalized spacial score (nSPS) is 19.0. The number of amides is 3. The zero-order valence-electron chi connectivity index (χ0n) is 6.46. The molecular weight excluding hydrogens is 148 g/mol. The molecule has 0 radical (unpaired) electrons. The van der Waals surface area contributed by atoms with Crippen LogP contribution in [0.3, 0.4) is 0 Å². The van der Waals surface area contributed by atoms with Crippen molar-refractivity contribution in [3.8, 4) is 0 Å². The van der Waals surface area contributed by atoms with Crippen molar-refractivity contribution < 1.29 is 14.4 Å². The topological polar surface area (TPSA) is 58.6 Å². The maximum absolute atomic E-state index is 10.9. The van der Waals surface area contributed by atoms with Gasteiger partial charge < -0.3 is 0 Å². The molecule has 0 aromatic heterocycles. The first-order chi connectivity index (χ1) is 5.11. The second-order valence-corrected chi connectivity index (χ2v) is 2.55. The van der Waals surface area contributed by atoms with Crippen molar-refractivity contribution in [3.63, 3.8) is 0 Å². The van der Waals surface area contributed by atoms with E-state index in [0.717, 1.165) is 5.06 Å². The largest absolute Gasteiger partial charge is 0.348 e. The van der Waals surface area contributed by atoms with Crippen LogP contribution in [0, 0.1) is 0 Å². The third kappa shape index (κ3) is 1.68. The molecule has 1 aliphatic heterocycles. The Morgan fingerprint density at radius 1 is 1.55 bits per heavy atom. The second kappa shape index (κ2) is 2.87. The predicted octanol–water partition coefficient (Wildman–Crippen LogP) is -0.122. The van der Waals surface area contributed by atoms with Crippen LogP contribution in [0.4, 0.5) is 4.79 Å². The predicted molar refractivity (Wildman–Crippen MR) is 36.5 cm³/mol. The molecule has 0 aromatic carbocycles. The molecule has 1 rings (SSSR count). The number of nitrogens with zero attached hydrogens (tertiary/aromatic N) is 1. The van der Waals surface area contributed by atoms with Gasteiger partial charge in [0.05, 0.1) is 6.04 Å². The Bertz CT molecular complexity index is 190. The molecule has 1 N–H and O–H groups in total. The van der Waals surface area contributed by atoms with E-state index in [2.05, 4.69) is 5.32 Å². The summed E-state index contributed by atoms with van der Waals surface area (Å²) in [5, 5.41) is 3.27. The highest BCUT2D eigenvalue weighted by molar-refractivity contribution is 5.96. The van der Waals surface area contributed by atoms with Gasteiger partial charge in [0.2, 0.25) is 0 Å². The number of carbonyl (C=O) groups excluding carboxylic acids is 2. The van der Waals surface area contributed by atoms with Crippen LogP contribution in [0.15, 0.2) is 0 Å². The Kier molecular flexibility index (Phi) is 2.09. The number of imide groups is 1. The monoisotopic (exact) mass is 158 g/mol. The fraction of sp³-hybridized carbons (Fsp3) is 0.667. The first kappa shape index (κ1) is 8.00. The van der Waals surface area contributed by atoms with Crippen molar-refractivity contribution in [1.82, 2.24) is 10.4 Å². The van der Waals surface area contributed by atoms with Gasteiger partial charge in [-0.05, 0) is 13.8 Å². The van der Waals surface area contributed by atoms with E-state index >= 15 is 0 Å². The molecule has 1 aliphatic rings. The summed E-state index contributed by atoms with van der Waals surface area (Å²) in [7, 11) is 0. The third-order valence-electron chi connectivity index (χ3n) is 1.25. The van der Waals surface area contributed by atoms with E-state index in [0.29, 0.717) is 0 Å². The van der Waals surface area contributed by atoms with Gasteiger partial charge in [0.15, 0.2) is 6.61 Å². The lowest BCUT2D eigenvalue weighted by Gasteiger charge is -2.28. The molecule has 0 aliphatic carbocycles. The van der Waals surface area contributed by atoms with Crippen LogP contribution in [0.1, 0.15) is 13.8 Å². The third-order valence-corrected chi connectivity index (χ3v) is 1.25. The van der Waals surface area contributed by atoms with Gasteiger partial charge >= 0.3 is 6.03 Å². The summed E-state index contributed by atoms with van der Waals surface area (Å²) in [6.45, 7) is 3.52. The van der Waals surface area contributed by atoms with Crippen molar-refractivity contribution in [2.75, 3.05) is 6.61 Å². The van der Waals surface area contributed by atoms with E-state index in [1.54, 1.807) is 13.8 Å². The van der Waals surface area contributed by atoms with Gasteiger partial charge in [0, 0.05) is 0 Å². The minimum atomic E-state index is -0.490. The minimum absolute atomic E-state index is 0.0527. The molecule has 5 nitrogen and oxygen atoms in total. The lowest BCUT2D eigenvalue weighted by molar-refractivity contribution is -0.168. The molecule has 11 heavy (non-hydrogen) atoms. The summed E-state index contributed by atoms with van der Waals surface area (Å²) >= 11 is 0. The molecule has 1 fully saturated rings. The van der Waals surface area contributed by atoms with Gasteiger partial charge in [0.25, 0.3) is 5.91 Å². The van der Waals surface area contributed by atoms with Crippen LogP contribution in [-0.4, -0.2) is 29.7 Å². The average molecular weight is 158 g/mol.